The Labute approximate surface area is 183 Å². The molecular weight excluding hydrogens is 421 g/mol. The lowest BCUT2D eigenvalue weighted by molar-refractivity contribution is 0.102. The minimum Gasteiger partial charge on any atom is -0.320 e. The summed E-state index contributed by atoms with van der Waals surface area (Å²) in [6, 6.07) is 6.16. The molecule has 1 aliphatic rings. The van der Waals surface area contributed by atoms with Crippen LogP contribution in [0, 0.1) is 19.7 Å². The molecule has 9 heteroatoms. The number of carbonyl (C=O) groups excluding carboxylic acids is 1. The first-order chi connectivity index (χ1) is 14.5. The maximum Gasteiger partial charge on any atom is 0.286 e. The van der Waals surface area contributed by atoms with Crippen molar-refractivity contribution in [1.29, 1.82) is 0 Å². The summed E-state index contributed by atoms with van der Waals surface area (Å²) in [6.45, 7) is 4.20. The summed E-state index contributed by atoms with van der Waals surface area (Å²) in [5.41, 5.74) is 2.83. The van der Waals surface area contributed by atoms with Crippen molar-refractivity contribution in [3.8, 4) is 0 Å². The van der Waals surface area contributed by atoms with Crippen LogP contribution in [0.5, 0.6) is 0 Å². The van der Waals surface area contributed by atoms with Gasteiger partial charge in [0.05, 0.1) is 11.4 Å². The summed E-state index contributed by atoms with van der Waals surface area (Å²) >= 11 is 2.91. The summed E-state index contributed by atoms with van der Waals surface area (Å²) < 4.78 is 15.4. The second-order valence-electron chi connectivity index (χ2n) is 7.48. The molecule has 1 amide bonds. The second kappa shape index (κ2) is 9.26. The zero-order valence-corrected chi connectivity index (χ0v) is 18.7. The van der Waals surface area contributed by atoms with E-state index in [0.29, 0.717) is 17.5 Å². The molecule has 0 spiro atoms. The predicted octanol–water partition coefficient (Wildman–Crippen LogP) is 5.54. The molecule has 6 nitrogen and oxygen atoms in total. The molecule has 0 unspecified atom stereocenters. The molecule has 4 rings (SSSR count). The van der Waals surface area contributed by atoms with E-state index in [1.807, 2.05) is 0 Å². The molecule has 30 heavy (non-hydrogen) atoms. The van der Waals surface area contributed by atoms with E-state index in [0.717, 1.165) is 15.9 Å². The first-order valence-corrected chi connectivity index (χ1v) is 11.9. The van der Waals surface area contributed by atoms with Crippen molar-refractivity contribution in [3.63, 3.8) is 0 Å². The summed E-state index contributed by atoms with van der Waals surface area (Å²) in [6.07, 6.45) is 6.27. The number of amides is 1. The Kier molecular flexibility index (Phi) is 6.48. The third-order valence-electron chi connectivity index (χ3n) is 5.38. The van der Waals surface area contributed by atoms with Crippen molar-refractivity contribution in [2.45, 2.75) is 62.9 Å². The van der Waals surface area contributed by atoms with Gasteiger partial charge < -0.3 is 9.88 Å². The van der Waals surface area contributed by atoms with Gasteiger partial charge in [-0.05, 0) is 51.0 Å². The lowest BCUT2D eigenvalue weighted by Gasteiger charge is -2.25. The molecule has 158 valence electrons. The van der Waals surface area contributed by atoms with Gasteiger partial charge in [0.2, 0.25) is 5.01 Å². The molecule has 2 aromatic heterocycles. The summed E-state index contributed by atoms with van der Waals surface area (Å²) in [5.74, 6) is -0.0737. The number of nitrogens with one attached hydrogen (secondary N) is 1. The fraction of sp³-hybridized carbons (Fsp3) is 0.429. The minimum absolute atomic E-state index is 0.290. The van der Waals surface area contributed by atoms with Crippen LogP contribution in [0.2, 0.25) is 0 Å². The van der Waals surface area contributed by atoms with Crippen LogP contribution in [0.25, 0.3) is 0 Å². The number of nitrogens with zero attached hydrogens (tertiary/aromatic N) is 4. The van der Waals surface area contributed by atoms with Crippen LogP contribution in [0.15, 0.2) is 29.4 Å². The molecule has 2 heterocycles. The molecular formula is C21H24FN5OS2. The Hall–Kier alpha value is -2.26. The van der Waals surface area contributed by atoms with E-state index in [1.54, 1.807) is 11.8 Å². The second-order valence-corrected chi connectivity index (χ2v) is 9.48. The van der Waals surface area contributed by atoms with E-state index in [2.05, 4.69) is 33.9 Å². The van der Waals surface area contributed by atoms with Crippen LogP contribution in [0.3, 0.4) is 0 Å². The number of thioether (sulfide) groups is 1. The summed E-state index contributed by atoms with van der Waals surface area (Å²) in [5, 5.41) is 13.0. The lowest BCUT2D eigenvalue weighted by atomic mass is 9.95. The van der Waals surface area contributed by atoms with Crippen molar-refractivity contribution < 1.29 is 9.18 Å². The van der Waals surface area contributed by atoms with E-state index < -0.39 is 0 Å². The third-order valence-corrected chi connectivity index (χ3v) is 7.45. The van der Waals surface area contributed by atoms with Gasteiger partial charge in [0, 0.05) is 17.4 Å². The molecule has 3 aromatic rings. The number of halogens is 1. The van der Waals surface area contributed by atoms with Crippen molar-refractivity contribution in [2.24, 2.45) is 0 Å². The first kappa shape index (κ1) is 21.0. The van der Waals surface area contributed by atoms with E-state index in [-0.39, 0.29) is 16.7 Å². The molecule has 0 aliphatic heterocycles. The number of rotatable bonds is 6. The maximum atomic E-state index is 13.0. The Morgan fingerprint density at radius 3 is 2.67 bits per heavy atom. The smallest absolute Gasteiger partial charge is 0.286 e. The van der Waals surface area contributed by atoms with E-state index in [9.17, 15) is 9.18 Å². The SMILES string of the molecule is Cc1nc(SCc2nnc(C(=O)Nc3ccc(F)cc3)s2)n(C2CCCCC2)c1C. The van der Waals surface area contributed by atoms with Crippen LogP contribution in [0.1, 0.15) is 64.3 Å². The molecule has 0 bridgehead atoms. The molecule has 1 N–H and O–H groups in total. The average molecular weight is 446 g/mol. The van der Waals surface area contributed by atoms with Gasteiger partial charge in [-0.15, -0.1) is 10.2 Å². The molecule has 1 aliphatic carbocycles. The van der Waals surface area contributed by atoms with Crippen molar-refractivity contribution in [2.75, 3.05) is 5.32 Å². The highest BCUT2D eigenvalue weighted by atomic mass is 32.2. The van der Waals surface area contributed by atoms with Crippen molar-refractivity contribution in [1.82, 2.24) is 19.7 Å². The number of hydrogen-bond donors (Lipinski definition) is 1. The Bertz CT molecular complexity index is 1020. The molecule has 0 atom stereocenters. The number of hydrogen-bond acceptors (Lipinski definition) is 6. The Balaban J connectivity index is 1.41. The highest BCUT2D eigenvalue weighted by Crippen LogP contribution is 2.35. The number of aromatic nitrogens is 4. The highest BCUT2D eigenvalue weighted by molar-refractivity contribution is 7.98. The third kappa shape index (κ3) is 4.73. The summed E-state index contributed by atoms with van der Waals surface area (Å²) in [7, 11) is 0. The number of benzene rings is 1. The first-order valence-electron chi connectivity index (χ1n) is 10.1. The van der Waals surface area contributed by atoms with Gasteiger partial charge in [0.15, 0.2) is 5.16 Å². The van der Waals surface area contributed by atoms with E-state index in [4.69, 9.17) is 4.98 Å². The van der Waals surface area contributed by atoms with Gasteiger partial charge in [-0.2, -0.15) is 0 Å². The fourth-order valence-corrected chi connectivity index (χ4v) is 5.59. The summed E-state index contributed by atoms with van der Waals surface area (Å²) in [4.78, 5) is 17.2. The standard InChI is InChI=1S/C21H24FN5OS2/c1-13-14(2)27(17-6-4-3-5-7-17)21(23-13)29-12-18-25-26-20(30-18)19(28)24-16-10-8-15(22)9-11-16/h8-11,17H,3-7,12H2,1-2H3,(H,24,28). The van der Waals surface area contributed by atoms with Gasteiger partial charge in [0.1, 0.15) is 10.8 Å². The molecule has 1 aromatic carbocycles. The topological polar surface area (TPSA) is 72.7 Å². The van der Waals surface area contributed by atoms with Crippen LogP contribution in [-0.2, 0) is 5.75 Å². The van der Waals surface area contributed by atoms with Crippen molar-refractivity contribution in [3.05, 3.63) is 51.5 Å². The lowest BCUT2D eigenvalue weighted by Crippen LogP contribution is -2.15. The van der Waals surface area contributed by atoms with Gasteiger partial charge >= 0.3 is 0 Å². The Morgan fingerprint density at radius 2 is 1.93 bits per heavy atom. The van der Waals surface area contributed by atoms with Crippen LogP contribution in [0.4, 0.5) is 10.1 Å². The quantitative estimate of drug-likeness (QED) is 0.504. The van der Waals surface area contributed by atoms with E-state index in [1.165, 1.54) is 73.4 Å². The number of imidazole rings is 1. The monoisotopic (exact) mass is 445 g/mol. The van der Waals surface area contributed by atoms with E-state index >= 15 is 0 Å². The highest BCUT2D eigenvalue weighted by Gasteiger charge is 2.22. The van der Waals surface area contributed by atoms with Crippen LogP contribution in [-0.4, -0.2) is 25.7 Å². The molecule has 0 saturated heterocycles. The van der Waals surface area contributed by atoms with Gasteiger partial charge in [-0.3, -0.25) is 4.79 Å². The van der Waals surface area contributed by atoms with Crippen LogP contribution < -0.4 is 5.32 Å². The zero-order valence-electron chi connectivity index (χ0n) is 17.0. The maximum absolute atomic E-state index is 13.0. The average Bonchev–Trinajstić information content (AvgIpc) is 3.34. The van der Waals surface area contributed by atoms with Gasteiger partial charge in [-0.1, -0.05) is 42.4 Å². The molecule has 0 radical (unpaired) electrons. The Morgan fingerprint density at radius 1 is 1.20 bits per heavy atom. The molecule has 1 saturated carbocycles. The number of anilines is 1. The van der Waals surface area contributed by atoms with Gasteiger partial charge in [0.25, 0.3) is 5.91 Å². The van der Waals surface area contributed by atoms with Crippen LogP contribution >= 0.6 is 23.1 Å². The largest absolute Gasteiger partial charge is 0.320 e. The molecule has 1 fully saturated rings. The van der Waals surface area contributed by atoms with Gasteiger partial charge in [-0.25, -0.2) is 9.37 Å². The normalized spacial score (nSPS) is 14.8. The van der Waals surface area contributed by atoms with Crippen molar-refractivity contribution >= 4 is 34.7 Å². The fourth-order valence-electron chi connectivity index (χ4n) is 3.71. The zero-order chi connectivity index (χ0) is 21.1. The predicted molar refractivity (Wildman–Crippen MR) is 118 cm³/mol. The number of aryl methyl sites for hydroxylation is 1. The number of carbonyl (C=O) groups is 1. The minimum atomic E-state index is -0.347.